The van der Waals surface area contributed by atoms with Crippen LogP contribution in [0.2, 0.25) is 0 Å². The molecule has 1 aliphatic heterocycles. The fourth-order valence-electron chi connectivity index (χ4n) is 4.84. The Morgan fingerprint density at radius 2 is 1.92 bits per heavy atom. The number of nitrogens with one attached hydrogen (secondary N) is 1. The van der Waals surface area contributed by atoms with Crippen LogP contribution >= 0.6 is 0 Å². The Kier molecular flexibility index (Phi) is 7.79. The third kappa shape index (κ3) is 5.31. The maximum Gasteiger partial charge on any atom is 0.248 e. The Morgan fingerprint density at radius 3 is 2.53 bits per heavy atom. The van der Waals surface area contributed by atoms with E-state index >= 15 is 0 Å². The maximum absolute atomic E-state index is 13.5. The van der Waals surface area contributed by atoms with Crippen LogP contribution in [-0.2, 0) is 9.59 Å². The Balaban J connectivity index is 1.48. The molecule has 0 unspecified atom stereocenters. The van der Waals surface area contributed by atoms with Crippen molar-refractivity contribution in [3.05, 3.63) is 65.7 Å². The lowest BCUT2D eigenvalue weighted by Crippen LogP contribution is -2.50. The van der Waals surface area contributed by atoms with Gasteiger partial charge in [0.25, 0.3) is 0 Å². The fourth-order valence-corrected chi connectivity index (χ4v) is 4.84. The molecule has 0 spiro atoms. The van der Waals surface area contributed by atoms with Crippen LogP contribution in [0.1, 0.15) is 55.6 Å². The normalized spacial score (nSPS) is 17.3. The summed E-state index contributed by atoms with van der Waals surface area (Å²) in [5.41, 5.74) is 4.71. The van der Waals surface area contributed by atoms with Gasteiger partial charge in [-0.1, -0.05) is 43.3 Å². The summed E-state index contributed by atoms with van der Waals surface area (Å²) >= 11 is 0. The Hall–Kier alpha value is -3.59. The van der Waals surface area contributed by atoms with Crippen molar-refractivity contribution in [3.63, 3.8) is 0 Å². The van der Waals surface area contributed by atoms with E-state index in [2.05, 4.69) is 20.6 Å². The van der Waals surface area contributed by atoms with Crippen molar-refractivity contribution >= 4 is 11.8 Å². The first kappa shape index (κ1) is 25.5. The van der Waals surface area contributed by atoms with Crippen molar-refractivity contribution in [2.75, 3.05) is 13.2 Å². The van der Waals surface area contributed by atoms with Crippen LogP contribution in [0.25, 0.3) is 11.1 Å². The Bertz CT molecular complexity index is 1210. The predicted molar refractivity (Wildman–Crippen MR) is 136 cm³/mol. The molecule has 1 aliphatic rings. The highest BCUT2D eigenvalue weighted by Crippen LogP contribution is 2.28. The van der Waals surface area contributed by atoms with Crippen LogP contribution < -0.4 is 5.32 Å². The second-order valence-electron chi connectivity index (χ2n) is 9.77. The van der Waals surface area contributed by atoms with Gasteiger partial charge in [0.1, 0.15) is 12.1 Å². The number of pyridine rings is 1. The average Bonchev–Trinajstić information content (AvgIpc) is 3.52. The number of aliphatic hydroxyl groups excluding tert-OH is 1. The van der Waals surface area contributed by atoms with Crippen LogP contribution in [0.5, 0.6) is 0 Å². The first-order chi connectivity index (χ1) is 17.3. The van der Waals surface area contributed by atoms with E-state index in [9.17, 15) is 14.7 Å². The van der Waals surface area contributed by atoms with Crippen LogP contribution in [0.3, 0.4) is 0 Å². The van der Waals surface area contributed by atoms with Gasteiger partial charge in [-0.2, -0.15) is 0 Å². The Morgan fingerprint density at radius 1 is 1.17 bits per heavy atom. The van der Waals surface area contributed by atoms with Gasteiger partial charge in [-0.3, -0.25) is 14.6 Å². The van der Waals surface area contributed by atoms with Crippen LogP contribution in [0, 0.1) is 19.8 Å². The summed E-state index contributed by atoms with van der Waals surface area (Å²) in [7, 11) is 0. The first-order valence-electron chi connectivity index (χ1n) is 12.4. The van der Waals surface area contributed by atoms with Crippen molar-refractivity contribution < 1.29 is 14.7 Å². The van der Waals surface area contributed by atoms with Gasteiger partial charge in [0, 0.05) is 30.7 Å². The number of hydrogen-bond acceptors (Lipinski definition) is 6. The second kappa shape index (κ2) is 11.0. The van der Waals surface area contributed by atoms with E-state index in [0.29, 0.717) is 13.0 Å². The largest absolute Gasteiger partial charge is 0.394 e. The molecule has 190 valence electrons. The maximum atomic E-state index is 13.5. The highest BCUT2D eigenvalue weighted by Gasteiger charge is 2.39. The number of nitrogens with zero attached hydrogens (tertiary/aromatic N) is 5. The zero-order chi connectivity index (χ0) is 25.8. The number of aromatic nitrogens is 4. The number of amides is 2. The first-order valence-corrected chi connectivity index (χ1v) is 12.4. The predicted octanol–water partition coefficient (Wildman–Crippen LogP) is 2.99. The molecule has 0 radical (unpaired) electrons. The zero-order valence-corrected chi connectivity index (χ0v) is 21.3. The van der Waals surface area contributed by atoms with Crippen LogP contribution in [-0.4, -0.2) is 61.0 Å². The standard InChI is InChI=1S/C27H34N6O3/c1-17(2)25(33-15-19(4)30-31-33)27(36)32-13-5-6-24(32)26(35)29-23(16-34)21-9-7-20(8-10-21)22-14-28-12-11-18(22)3/h7-12,14-15,17,23-25,34H,5-6,13,16H2,1-4H3,(H,29,35)/t23-,24-,25-/m0/s1. The van der Waals surface area contributed by atoms with Gasteiger partial charge in [-0.15, -0.1) is 5.10 Å². The molecule has 0 aliphatic carbocycles. The molecule has 9 nitrogen and oxygen atoms in total. The highest BCUT2D eigenvalue weighted by atomic mass is 16.3. The highest BCUT2D eigenvalue weighted by molar-refractivity contribution is 5.90. The number of benzene rings is 1. The number of aryl methyl sites for hydroxylation is 2. The van der Waals surface area contributed by atoms with E-state index < -0.39 is 18.1 Å². The third-order valence-corrected chi connectivity index (χ3v) is 6.80. The molecule has 36 heavy (non-hydrogen) atoms. The molecular weight excluding hydrogens is 456 g/mol. The molecule has 2 amide bonds. The minimum Gasteiger partial charge on any atom is -0.394 e. The van der Waals surface area contributed by atoms with Crippen LogP contribution in [0.4, 0.5) is 0 Å². The van der Waals surface area contributed by atoms with E-state index in [1.807, 2.05) is 64.2 Å². The topological polar surface area (TPSA) is 113 Å². The lowest BCUT2D eigenvalue weighted by atomic mass is 9.99. The number of aliphatic hydroxyl groups is 1. The Labute approximate surface area is 211 Å². The summed E-state index contributed by atoms with van der Waals surface area (Å²) in [5.74, 6) is -0.413. The molecule has 4 rings (SSSR count). The number of rotatable bonds is 8. The molecule has 1 saturated heterocycles. The van der Waals surface area contributed by atoms with Gasteiger partial charge < -0.3 is 15.3 Å². The minimum absolute atomic E-state index is 0.0185. The van der Waals surface area contributed by atoms with Gasteiger partial charge in [-0.05, 0) is 55.4 Å². The van der Waals surface area contributed by atoms with E-state index in [1.165, 1.54) is 0 Å². The molecule has 3 aromatic rings. The summed E-state index contributed by atoms with van der Waals surface area (Å²) in [6.07, 6.45) is 6.67. The van der Waals surface area contributed by atoms with E-state index in [4.69, 9.17) is 0 Å². The lowest BCUT2D eigenvalue weighted by Gasteiger charge is -2.30. The minimum atomic E-state index is -0.588. The molecule has 3 heterocycles. The van der Waals surface area contributed by atoms with Gasteiger partial charge in [0.15, 0.2) is 0 Å². The average molecular weight is 491 g/mol. The van der Waals surface area contributed by atoms with Crippen molar-refractivity contribution in [3.8, 4) is 11.1 Å². The number of carbonyl (C=O) groups excluding carboxylic acids is 2. The molecule has 1 aromatic carbocycles. The molecule has 3 atom stereocenters. The lowest BCUT2D eigenvalue weighted by molar-refractivity contribution is -0.142. The van der Waals surface area contributed by atoms with Crippen LogP contribution in [0.15, 0.2) is 48.9 Å². The zero-order valence-electron chi connectivity index (χ0n) is 21.3. The number of likely N-dealkylation sites (tertiary alicyclic amines) is 1. The van der Waals surface area contributed by atoms with Crippen molar-refractivity contribution in [2.45, 2.75) is 58.7 Å². The fraction of sp³-hybridized carbons (Fsp3) is 0.444. The summed E-state index contributed by atoms with van der Waals surface area (Å²) in [5, 5.41) is 21.2. The summed E-state index contributed by atoms with van der Waals surface area (Å²) in [6, 6.07) is 8.01. The summed E-state index contributed by atoms with van der Waals surface area (Å²) in [4.78, 5) is 32.7. The quantitative estimate of drug-likeness (QED) is 0.502. The van der Waals surface area contributed by atoms with E-state index in [1.54, 1.807) is 22.0 Å². The number of carbonyl (C=O) groups is 2. The molecule has 0 bridgehead atoms. The molecule has 2 N–H and O–H groups in total. The van der Waals surface area contributed by atoms with E-state index in [0.717, 1.165) is 34.4 Å². The van der Waals surface area contributed by atoms with Crippen molar-refractivity contribution in [1.29, 1.82) is 0 Å². The SMILES string of the molecule is Cc1cn([C@H](C(=O)N2CCC[C@H]2C(=O)N[C@@H](CO)c2ccc(-c3cnccc3C)cc2)C(C)C)nn1. The molecule has 1 fully saturated rings. The smallest absolute Gasteiger partial charge is 0.248 e. The second-order valence-corrected chi connectivity index (χ2v) is 9.77. The van der Waals surface area contributed by atoms with Crippen molar-refractivity contribution in [2.24, 2.45) is 5.92 Å². The summed E-state index contributed by atoms with van der Waals surface area (Å²) < 4.78 is 1.59. The number of hydrogen-bond donors (Lipinski definition) is 2. The van der Waals surface area contributed by atoms with Gasteiger partial charge in [0.2, 0.25) is 11.8 Å². The third-order valence-electron chi connectivity index (χ3n) is 6.80. The monoisotopic (exact) mass is 490 g/mol. The van der Waals surface area contributed by atoms with Crippen molar-refractivity contribution in [1.82, 2.24) is 30.2 Å². The molecule has 2 aromatic heterocycles. The van der Waals surface area contributed by atoms with Gasteiger partial charge >= 0.3 is 0 Å². The molecule has 0 saturated carbocycles. The molecular formula is C27H34N6O3. The van der Waals surface area contributed by atoms with E-state index in [-0.39, 0.29) is 24.3 Å². The van der Waals surface area contributed by atoms with Gasteiger partial charge in [-0.25, -0.2) is 4.68 Å². The molecule has 9 heteroatoms. The van der Waals surface area contributed by atoms with Gasteiger partial charge in [0.05, 0.1) is 18.3 Å². The summed E-state index contributed by atoms with van der Waals surface area (Å²) in [6.45, 7) is 8.05.